The van der Waals surface area contributed by atoms with E-state index in [1.165, 1.54) is 0 Å². The van der Waals surface area contributed by atoms with Gasteiger partial charge in [0.1, 0.15) is 17.5 Å². The Morgan fingerprint density at radius 1 is 1.26 bits per heavy atom. The van der Waals surface area contributed by atoms with Gasteiger partial charge in [-0.15, -0.1) is 0 Å². The molecule has 7 nitrogen and oxygen atoms in total. The number of aromatic nitrogens is 4. The Bertz CT molecular complexity index is 623. The number of pyridine rings is 1. The van der Waals surface area contributed by atoms with Crippen LogP contribution in [0.3, 0.4) is 0 Å². The molecule has 2 aromatic heterocycles. The van der Waals surface area contributed by atoms with Crippen molar-refractivity contribution in [1.82, 2.24) is 19.9 Å². The molecule has 1 N–H and O–H groups in total. The standard InChI is InChI=1S/C15H21ClN6O/c1-10(2)12-19-14(21-15(20-12)22(3)4)18-8-9-23-13-11(16)6-5-7-17-13/h5-7,10H,8-9H2,1-4H3,(H,18,19,20,21). The van der Waals surface area contributed by atoms with Crippen LogP contribution < -0.4 is 15.0 Å². The molecule has 23 heavy (non-hydrogen) atoms. The van der Waals surface area contributed by atoms with Gasteiger partial charge in [-0.05, 0) is 12.1 Å². The van der Waals surface area contributed by atoms with E-state index in [4.69, 9.17) is 16.3 Å². The third-order valence-corrected chi connectivity index (χ3v) is 3.19. The molecule has 8 heteroatoms. The lowest BCUT2D eigenvalue weighted by atomic mass is 10.2. The van der Waals surface area contributed by atoms with E-state index in [1.807, 2.05) is 32.8 Å². The summed E-state index contributed by atoms with van der Waals surface area (Å²) < 4.78 is 5.53. The molecule has 0 bridgehead atoms. The average molecular weight is 337 g/mol. The molecule has 0 fully saturated rings. The Kier molecular flexibility index (Phi) is 5.92. The van der Waals surface area contributed by atoms with Crippen molar-refractivity contribution in [1.29, 1.82) is 0 Å². The quantitative estimate of drug-likeness (QED) is 0.779. The summed E-state index contributed by atoms with van der Waals surface area (Å²) in [6.07, 6.45) is 1.64. The van der Waals surface area contributed by atoms with Crippen molar-refractivity contribution in [3.8, 4) is 5.88 Å². The Morgan fingerprint density at radius 3 is 2.70 bits per heavy atom. The lowest BCUT2D eigenvalue weighted by Crippen LogP contribution is -2.19. The number of halogens is 1. The van der Waals surface area contributed by atoms with E-state index in [0.717, 1.165) is 5.82 Å². The zero-order valence-corrected chi connectivity index (χ0v) is 14.5. The summed E-state index contributed by atoms with van der Waals surface area (Å²) >= 11 is 5.99. The molecule has 0 saturated carbocycles. The van der Waals surface area contributed by atoms with Gasteiger partial charge in [-0.3, -0.25) is 0 Å². The van der Waals surface area contributed by atoms with Crippen LogP contribution in [0.5, 0.6) is 5.88 Å². The van der Waals surface area contributed by atoms with Crippen LogP contribution >= 0.6 is 11.6 Å². The molecule has 0 aliphatic heterocycles. The van der Waals surface area contributed by atoms with Gasteiger partial charge >= 0.3 is 0 Å². The molecule has 0 aliphatic carbocycles. The van der Waals surface area contributed by atoms with Crippen molar-refractivity contribution in [2.24, 2.45) is 0 Å². The van der Waals surface area contributed by atoms with Crippen molar-refractivity contribution >= 4 is 23.5 Å². The first-order chi connectivity index (χ1) is 11.0. The normalized spacial score (nSPS) is 10.7. The van der Waals surface area contributed by atoms with Gasteiger partial charge in [0.15, 0.2) is 0 Å². The summed E-state index contributed by atoms with van der Waals surface area (Å²) in [5.41, 5.74) is 0. The second kappa shape index (κ2) is 7.92. The third kappa shape index (κ3) is 4.92. The van der Waals surface area contributed by atoms with Gasteiger partial charge in [0.05, 0.1) is 6.54 Å². The third-order valence-electron chi connectivity index (χ3n) is 2.91. The fraction of sp³-hybridized carbons (Fsp3) is 0.467. The maximum absolute atomic E-state index is 5.99. The first-order valence-electron chi connectivity index (χ1n) is 7.38. The summed E-state index contributed by atoms with van der Waals surface area (Å²) in [5, 5.41) is 3.63. The van der Waals surface area contributed by atoms with E-state index in [-0.39, 0.29) is 5.92 Å². The average Bonchev–Trinajstić information content (AvgIpc) is 2.52. The molecule has 0 atom stereocenters. The molecule has 0 radical (unpaired) electrons. The van der Waals surface area contributed by atoms with Gasteiger partial charge in [-0.1, -0.05) is 25.4 Å². The maximum Gasteiger partial charge on any atom is 0.232 e. The van der Waals surface area contributed by atoms with Gasteiger partial charge in [0.25, 0.3) is 0 Å². The van der Waals surface area contributed by atoms with Crippen LogP contribution in [0, 0.1) is 0 Å². The molecule has 0 saturated heterocycles. The zero-order chi connectivity index (χ0) is 16.8. The molecule has 2 rings (SSSR count). The van der Waals surface area contributed by atoms with Crippen molar-refractivity contribution in [2.45, 2.75) is 19.8 Å². The topological polar surface area (TPSA) is 76.1 Å². The molecule has 2 heterocycles. The second-order valence-electron chi connectivity index (χ2n) is 5.43. The molecule has 0 spiro atoms. The Morgan fingerprint density at radius 2 is 2.04 bits per heavy atom. The van der Waals surface area contributed by atoms with Crippen LogP contribution in [-0.2, 0) is 0 Å². The maximum atomic E-state index is 5.99. The number of hydrogen-bond acceptors (Lipinski definition) is 7. The van der Waals surface area contributed by atoms with Crippen LogP contribution in [-0.4, -0.2) is 47.2 Å². The van der Waals surface area contributed by atoms with E-state index in [2.05, 4.69) is 25.3 Å². The van der Waals surface area contributed by atoms with Crippen molar-refractivity contribution < 1.29 is 4.74 Å². The fourth-order valence-electron chi connectivity index (χ4n) is 1.71. The summed E-state index contributed by atoms with van der Waals surface area (Å²) in [6, 6.07) is 3.50. The lowest BCUT2D eigenvalue weighted by molar-refractivity contribution is 0.320. The summed E-state index contributed by atoms with van der Waals surface area (Å²) in [4.78, 5) is 19.1. The van der Waals surface area contributed by atoms with Gasteiger partial charge in [-0.25, -0.2) is 4.98 Å². The molecular formula is C15H21ClN6O. The van der Waals surface area contributed by atoms with Crippen LogP contribution in [0.15, 0.2) is 18.3 Å². The highest BCUT2D eigenvalue weighted by Gasteiger charge is 2.10. The number of anilines is 2. The van der Waals surface area contributed by atoms with Crippen LogP contribution in [0.4, 0.5) is 11.9 Å². The van der Waals surface area contributed by atoms with Gasteiger partial charge in [0, 0.05) is 26.2 Å². The number of nitrogens with zero attached hydrogens (tertiary/aromatic N) is 5. The SMILES string of the molecule is CC(C)c1nc(NCCOc2ncccc2Cl)nc(N(C)C)n1. The number of nitrogens with one attached hydrogen (secondary N) is 1. The molecule has 124 valence electrons. The smallest absolute Gasteiger partial charge is 0.232 e. The van der Waals surface area contributed by atoms with Gasteiger partial charge in [0.2, 0.25) is 17.8 Å². The monoisotopic (exact) mass is 336 g/mol. The summed E-state index contributed by atoms with van der Waals surface area (Å²) in [5.74, 6) is 2.55. The molecule has 2 aromatic rings. The Labute approximate surface area is 141 Å². The van der Waals surface area contributed by atoms with Crippen molar-refractivity contribution in [3.05, 3.63) is 29.2 Å². The van der Waals surface area contributed by atoms with Crippen molar-refractivity contribution in [3.63, 3.8) is 0 Å². The highest BCUT2D eigenvalue weighted by atomic mass is 35.5. The number of hydrogen-bond donors (Lipinski definition) is 1. The van der Waals surface area contributed by atoms with E-state index < -0.39 is 0 Å². The fourth-order valence-corrected chi connectivity index (χ4v) is 1.88. The van der Waals surface area contributed by atoms with E-state index in [9.17, 15) is 0 Å². The first kappa shape index (κ1) is 17.2. The predicted molar refractivity (Wildman–Crippen MR) is 91.5 cm³/mol. The second-order valence-corrected chi connectivity index (χ2v) is 5.84. The zero-order valence-electron chi connectivity index (χ0n) is 13.7. The summed E-state index contributed by atoms with van der Waals surface area (Å²) in [6.45, 7) is 5.02. The molecule has 0 amide bonds. The minimum atomic E-state index is 0.223. The number of ether oxygens (including phenoxy) is 1. The van der Waals surface area contributed by atoms with Crippen LogP contribution in [0.25, 0.3) is 0 Å². The highest BCUT2D eigenvalue weighted by molar-refractivity contribution is 6.31. The van der Waals surface area contributed by atoms with Gasteiger partial charge in [-0.2, -0.15) is 15.0 Å². The Balaban J connectivity index is 1.96. The molecule has 0 aromatic carbocycles. The number of rotatable bonds is 7. The van der Waals surface area contributed by atoms with Crippen LogP contribution in [0.2, 0.25) is 5.02 Å². The molecule has 0 unspecified atom stereocenters. The van der Waals surface area contributed by atoms with Gasteiger partial charge < -0.3 is 15.0 Å². The largest absolute Gasteiger partial charge is 0.475 e. The summed E-state index contributed by atoms with van der Waals surface area (Å²) in [7, 11) is 3.80. The first-order valence-corrected chi connectivity index (χ1v) is 7.75. The lowest BCUT2D eigenvalue weighted by Gasteiger charge is -2.15. The molecule has 0 aliphatic rings. The minimum Gasteiger partial charge on any atom is -0.475 e. The highest BCUT2D eigenvalue weighted by Crippen LogP contribution is 2.19. The molecular weight excluding hydrogens is 316 g/mol. The Hall–Kier alpha value is -2.15. The van der Waals surface area contributed by atoms with E-state index >= 15 is 0 Å². The minimum absolute atomic E-state index is 0.223. The van der Waals surface area contributed by atoms with E-state index in [1.54, 1.807) is 18.3 Å². The van der Waals surface area contributed by atoms with Crippen LogP contribution in [0.1, 0.15) is 25.6 Å². The van der Waals surface area contributed by atoms with Crippen molar-refractivity contribution in [2.75, 3.05) is 37.5 Å². The van der Waals surface area contributed by atoms with E-state index in [0.29, 0.717) is 36.0 Å². The predicted octanol–water partition coefficient (Wildman–Crippen LogP) is 2.60.